The summed E-state index contributed by atoms with van der Waals surface area (Å²) in [6, 6.07) is 4.93. The lowest BCUT2D eigenvalue weighted by atomic mass is 9.89. The molecule has 9 nitrogen and oxygen atoms in total. The highest BCUT2D eigenvalue weighted by atomic mass is 16.5. The standard InChI is InChI=1S/C20H20N6O3/c1-11-7-12(15-8-14(25-29-15)13-9-16(21)23-10-22-13)19(28)26-17(11)18(27)24-20(26)5-3-2-4-6-20/h7-10H,2-6H2,1H3,(H,24,27)(H2,21,22,23). The van der Waals surface area contributed by atoms with Crippen LogP contribution >= 0.6 is 0 Å². The summed E-state index contributed by atoms with van der Waals surface area (Å²) >= 11 is 0. The van der Waals surface area contributed by atoms with E-state index < -0.39 is 5.66 Å². The van der Waals surface area contributed by atoms with E-state index in [4.69, 9.17) is 10.3 Å². The highest BCUT2D eigenvalue weighted by Gasteiger charge is 2.45. The number of aromatic nitrogens is 4. The molecule has 0 atom stereocenters. The molecule has 0 aromatic carbocycles. The Morgan fingerprint density at radius 3 is 2.66 bits per heavy atom. The second-order valence-corrected chi connectivity index (χ2v) is 7.68. The number of nitrogens with zero attached hydrogens (tertiary/aromatic N) is 4. The number of anilines is 1. The van der Waals surface area contributed by atoms with Crippen molar-refractivity contribution in [3.8, 4) is 22.7 Å². The molecule has 5 rings (SSSR count). The zero-order valence-electron chi connectivity index (χ0n) is 15.9. The average Bonchev–Trinajstić information content (AvgIpc) is 3.29. The van der Waals surface area contributed by atoms with Crippen molar-refractivity contribution >= 4 is 11.7 Å². The number of carbonyl (C=O) groups excluding carboxylic acids is 1. The molecule has 1 fully saturated rings. The SMILES string of the molecule is Cc1cc(-c2cc(-c3cc(N)ncn3)no2)c(=O)n2c1C(=O)NC21CCCCC1. The van der Waals surface area contributed by atoms with Crippen molar-refractivity contribution in [1.29, 1.82) is 0 Å². The van der Waals surface area contributed by atoms with Gasteiger partial charge in [0.25, 0.3) is 11.5 Å². The van der Waals surface area contributed by atoms with Crippen LogP contribution in [0.15, 0.2) is 33.8 Å². The van der Waals surface area contributed by atoms with Crippen molar-refractivity contribution in [2.45, 2.75) is 44.7 Å². The Balaban J connectivity index is 1.65. The Kier molecular flexibility index (Phi) is 3.80. The van der Waals surface area contributed by atoms with E-state index in [1.165, 1.54) is 6.33 Å². The number of carbonyl (C=O) groups is 1. The topological polar surface area (TPSA) is 129 Å². The van der Waals surface area contributed by atoms with Crippen molar-refractivity contribution in [3.05, 3.63) is 46.1 Å². The first kappa shape index (κ1) is 17.6. The zero-order chi connectivity index (χ0) is 20.2. The van der Waals surface area contributed by atoms with Crippen LogP contribution in [-0.2, 0) is 5.66 Å². The zero-order valence-corrected chi connectivity index (χ0v) is 15.9. The molecule has 1 aliphatic heterocycles. The largest absolute Gasteiger partial charge is 0.384 e. The molecule has 1 saturated carbocycles. The van der Waals surface area contributed by atoms with Crippen molar-refractivity contribution < 1.29 is 9.32 Å². The van der Waals surface area contributed by atoms with Gasteiger partial charge in [-0.05, 0) is 44.2 Å². The molecule has 0 bridgehead atoms. The number of aryl methyl sites for hydroxylation is 1. The van der Waals surface area contributed by atoms with Gasteiger partial charge in [0.2, 0.25) is 0 Å². The van der Waals surface area contributed by atoms with Crippen LogP contribution in [0.25, 0.3) is 22.7 Å². The lowest BCUT2D eigenvalue weighted by molar-refractivity contribution is 0.0876. The van der Waals surface area contributed by atoms with Crippen molar-refractivity contribution in [1.82, 2.24) is 25.0 Å². The predicted octanol–water partition coefficient (Wildman–Crippen LogP) is 2.21. The summed E-state index contributed by atoms with van der Waals surface area (Å²) in [6.07, 6.45) is 5.88. The van der Waals surface area contributed by atoms with E-state index in [0.717, 1.165) is 37.7 Å². The molecule has 29 heavy (non-hydrogen) atoms. The van der Waals surface area contributed by atoms with Crippen molar-refractivity contribution in [2.24, 2.45) is 0 Å². The predicted molar refractivity (Wildman–Crippen MR) is 105 cm³/mol. The molecule has 9 heteroatoms. The second kappa shape index (κ2) is 6.26. The summed E-state index contributed by atoms with van der Waals surface area (Å²) in [5.41, 5.74) is 7.30. The Hall–Kier alpha value is -3.49. The highest BCUT2D eigenvalue weighted by Crippen LogP contribution is 2.38. The van der Waals surface area contributed by atoms with E-state index in [2.05, 4.69) is 20.4 Å². The van der Waals surface area contributed by atoms with Crippen LogP contribution < -0.4 is 16.6 Å². The molecule has 3 N–H and O–H groups in total. The quantitative estimate of drug-likeness (QED) is 0.684. The molecule has 1 amide bonds. The fourth-order valence-corrected chi connectivity index (χ4v) is 4.46. The highest BCUT2D eigenvalue weighted by molar-refractivity contribution is 5.97. The van der Waals surface area contributed by atoms with Gasteiger partial charge in [0.1, 0.15) is 29.2 Å². The number of rotatable bonds is 2. The van der Waals surface area contributed by atoms with Gasteiger partial charge in [0.05, 0.1) is 11.3 Å². The maximum Gasteiger partial charge on any atom is 0.270 e. The van der Waals surface area contributed by atoms with Crippen LogP contribution in [0.2, 0.25) is 0 Å². The summed E-state index contributed by atoms with van der Waals surface area (Å²) < 4.78 is 7.12. The first-order valence-corrected chi connectivity index (χ1v) is 9.63. The first-order chi connectivity index (χ1) is 14.0. The molecule has 3 aromatic rings. The summed E-state index contributed by atoms with van der Waals surface area (Å²) in [5, 5.41) is 7.11. The smallest absolute Gasteiger partial charge is 0.270 e. The molecule has 1 spiro atoms. The number of nitrogens with two attached hydrogens (primary N) is 1. The molecule has 2 aliphatic rings. The van der Waals surface area contributed by atoms with Gasteiger partial charge >= 0.3 is 0 Å². The Morgan fingerprint density at radius 2 is 1.90 bits per heavy atom. The minimum atomic E-state index is -0.646. The number of fused-ring (bicyclic) bond motifs is 2. The van der Waals surface area contributed by atoms with Crippen LogP contribution in [0.4, 0.5) is 5.82 Å². The maximum absolute atomic E-state index is 13.5. The van der Waals surface area contributed by atoms with E-state index in [1.807, 2.05) is 6.92 Å². The third-order valence-corrected chi connectivity index (χ3v) is 5.79. The third kappa shape index (κ3) is 2.65. The Morgan fingerprint density at radius 1 is 1.10 bits per heavy atom. The van der Waals surface area contributed by atoms with Crippen LogP contribution in [0.3, 0.4) is 0 Å². The molecular formula is C20H20N6O3. The first-order valence-electron chi connectivity index (χ1n) is 9.63. The van der Waals surface area contributed by atoms with E-state index in [0.29, 0.717) is 34.2 Å². The summed E-state index contributed by atoms with van der Waals surface area (Å²) in [7, 11) is 0. The maximum atomic E-state index is 13.5. The minimum absolute atomic E-state index is 0.192. The molecule has 4 heterocycles. The van der Waals surface area contributed by atoms with Crippen molar-refractivity contribution in [2.75, 3.05) is 5.73 Å². The van der Waals surface area contributed by atoms with Gasteiger partial charge in [-0.15, -0.1) is 0 Å². The normalized spacial score (nSPS) is 17.3. The third-order valence-electron chi connectivity index (χ3n) is 5.79. The fourth-order valence-electron chi connectivity index (χ4n) is 4.46. The summed E-state index contributed by atoms with van der Waals surface area (Å²) in [4.78, 5) is 34.1. The summed E-state index contributed by atoms with van der Waals surface area (Å²) in [6.45, 7) is 1.83. The van der Waals surface area contributed by atoms with Gasteiger partial charge in [-0.2, -0.15) is 0 Å². The molecule has 0 saturated heterocycles. The van der Waals surface area contributed by atoms with E-state index in [9.17, 15) is 9.59 Å². The lowest BCUT2D eigenvalue weighted by Gasteiger charge is -2.35. The molecule has 3 aromatic heterocycles. The number of hydrogen-bond acceptors (Lipinski definition) is 7. The molecule has 0 unspecified atom stereocenters. The van der Waals surface area contributed by atoms with E-state index in [-0.39, 0.29) is 11.5 Å². The van der Waals surface area contributed by atoms with Crippen LogP contribution in [0.5, 0.6) is 0 Å². The fraction of sp³-hybridized carbons (Fsp3) is 0.350. The summed E-state index contributed by atoms with van der Waals surface area (Å²) in [5.74, 6) is 0.450. The van der Waals surface area contributed by atoms with Gasteiger partial charge in [-0.25, -0.2) is 9.97 Å². The monoisotopic (exact) mass is 392 g/mol. The molecule has 1 aliphatic carbocycles. The van der Waals surface area contributed by atoms with Gasteiger partial charge in [0.15, 0.2) is 5.76 Å². The number of pyridine rings is 1. The van der Waals surface area contributed by atoms with Gasteiger partial charge in [-0.3, -0.25) is 14.2 Å². The van der Waals surface area contributed by atoms with Crippen LogP contribution in [-0.4, -0.2) is 25.6 Å². The van der Waals surface area contributed by atoms with Crippen LogP contribution in [0.1, 0.15) is 48.2 Å². The number of nitrogens with one attached hydrogen (secondary N) is 1. The molecule has 0 radical (unpaired) electrons. The number of nitrogen functional groups attached to an aromatic ring is 1. The van der Waals surface area contributed by atoms with Gasteiger partial charge in [-0.1, -0.05) is 11.6 Å². The van der Waals surface area contributed by atoms with E-state index >= 15 is 0 Å². The van der Waals surface area contributed by atoms with E-state index in [1.54, 1.807) is 22.8 Å². The molecular weight excluding hydrogens is 372 g/mol. The number of amides is 1. The second-order valence-electron chi connectivity index (χ2n) is 7.68. The molecule has 148 valence electrons. The van der Waals surface area contributed by atoms with Crippen molar-refractivity contribution in [3.63, 3.8) is 0 Å². The number of hydrogen-bond donors (Lipinski definition) is 2. The minimum Gasteiger partial charge on any atom is -0.384 e. The average molecular weight is 392 g/mol. The Bertz CT molecular complexity index is 1190. The van der Waals surface area contributed by atoms with Gasteiger partial charge < -0.3 is 15.6 Å². The Labute approximate surface area is 166 Å². The van der Waals surface area contributed by atoms with Crippen LogP contribution in [0, 0.1) is 6.92 Å². The lowest BCUT2D eigenvalue weighted by Crippen LogP contribution is -2.48. The van der Waals surface area contributed by atoms with Gasteiger partial charge in [0, 0.05) is 12.1 Å².